The van der Waals surface area contributed by atoms with Crippen LogP contribution in [0, 0.1) is 5.21 Å². The third-order valence-electron chi connectivity index (χ3n) is 2.24. The van der Waals surface area contributed by atoms with E-state index in [9.17, 15) is 14.8 Å². The van der Waals surface area contributed by atoms with Crippen LogP contribution in [0.4, 0.5) is 0 Å². The molecule has 0 bridgehead atoms. The summed E-state index contributed by atoms with van der Waals surface area (Å²) in [6, 6.07) is 2.79. The molecule has 0 aliphatic heterocycles. The normalized spacial score (nSPS) is 11.1. The van der Waals surface area contributed by atoms with Gasteiger partial charge >= 0.3 is 5.97 Å². The summed E-state index contributed by atoms with van der Waals surface area (Å²) in [6.07, 6.45) is 1.86. The highest BCUT2D eigenvalue weighted by atomic mass is 16.5. The third-order valence-corrected chi connectivity index (χ3v) is 2.24. The largest absolute Gasteiger partial charge is 0.624 e. The molecule has 8 nitrogen and oxygen atoms in total. The van der Waals surface area contributed by atoms with Gasteiger partial charge in [0.2, 0.25) is 12.5 Å². The number of furan rings is 1. The van der Waals surface area contributed by atoms with E-state index in [-0.39, 0.29) is 19.4 Å². The summed E-state index contributed by atoms with van der Waals surface area (Å²) in [4.78, 5) is 20.6. The molecule has 1 aromatic heterocycles. The van der Waals surface area contributed by atoms with Gasteiger partial charge in [0.1, 0.15) is 12.8 Å². The number of nitrogens with one attached hydrogen (secondary N) is 1. The number of carbonyl (C=O) groups excluding carboxylic acids is 1. The highest BCUT2D eigenvalue weighted by Gasteiger charge is 2.14. The van der Waals surface area contributed by atoms with Crippen LogP contribution in [0.1, 0.15) is 18.6 Å². The number of rotatable bonds is 7. The van der Waals surface area contributed by atoms with Crippen molar-refractivity contribution in [1.29, 1.82) is 0 Å². The summed E-state index contributed by atoms with van der Waals surface area (Å²) in [5.41, 5.74) is 4.84. The van der Waals surface area contributed by atoms with Crippen LogP contribution in [-0.2, 0) is 16.1 Å². The van der Waals surface area contributed by atoms with Crippen molar-refractivity contribution in [2.75, 3.05) is 7.05 Å². The van der Waals surface area contributed by atoms with Gasteiger partial charge in [0.25, 0.3) is 0 Å². The SMILES string of the molecule is C=[N+]([O-])Cc1ccco1.CN[C@@H](CCC(N)=O)C(=O)O. The molecular weight excluding hydrogens is 266 g/mol. The number of nitrogens with zero attached hydrogens (tertiary/aromatic N) is 1. The summed E-state index contributed by atoms with van der Waals surface area (Å²) in [7, 11) is 1.53. The Balaban J connectivity index is 0.000000367. The number of likely N-dealkylation sites (N-methyl/N-ethyl adjacent to an activating group) is 1. The van der Waals surface area contributed by atoms with Gasteiger partial charge in [-0.15, -0.1) is 0 Å². The lowest BCUT2D eigenvalue weighted by atomic mass is 10.1. The molecule has 0 saturated heterocycles. The Morgan fingerprint density at radius 1 is 1.65 bits per heavy atom. The lowest BCUT2D eigenvalue weighted by Gasteiger charge is -2.08. The number of primary amides is 1. The Hall–Kier alpha value is -2.35. The van der Waals surface area contributed by atoms with Crippen LogP contribution in [0.2, 0.25) is 0 Å². The Labute approximate surface area is 116 Å². The number of nitrogens with two attached hydrogens (primary N) is 1. The first kappa shape index (κ1) is 17.6. The number of hydroxylamine groups is 1. The van der Waals surface area contributed by atoms with Crippen molar-refractivity contribution in [2.45, 2.75) is 25.4 Å². The molecule has 20 heavy (non-hydrogen) atoms. The van der Waals surface area contributed by atoms with Crippen molar-refractivity contribution in [3.63, 3.8) is 0 Å². The quantitative estimate of drug-likeness (QED) is 0.278. The predicted molar refractivity (Wildman–Crippen MR) is 72.1 cm³/mol. The second-order valence-electron chi connectivity index (χ2n) is 3.90. The molecule has 1 heterocycles. The van der Waals surface area contributed by atoms with E-state index < -0.39 is 17.9 Å². The van der Waals surface area contributed by atoms with Crippen molar-refractivity contribution in [3.05, 3.63) is 29.4 Å². The van der Waals surface area contributed by atoms with Gasteiger partial charge in [0.05, 0.1) is 6.26 Å². The number of hydrogen-bond acceptors (Lipinski definition) is 5. The van der Waals surface area contributed by atoms with Crippen molar-refractivity contribution in [2.24, 2.45) is 5.73 Å². The zero-order valence-corrected chi connectivity index (χ0v) is 11.2. The second kappa shape index (κ2) is 9.56. The van der Waals surface area contributed by atoms with E-state index in [2.05, 4.69) is 12.0 Å². The lowest BCUT2D eigenvalue weighted by Crippen LogP contribution is -2.34. The summed E-state index contributed by atoms with van der Waals surface area (Å²) in [5, 5.41) is 21.3. The Kier molecular flexibility index (Phi) is 8.44. The number of carbonyl (C=O) groups is 2. The molecule has 4 N–H and O–H groups in total. The van der Waals surface area contributed by atoms with Crippen LogP contribution in [-0.4, -0.2) is 41.5 Å². The summed E-state index contributed by atoms with van der Waals surface area (Å²) in [6.45, 7) is 3.35. The average Bonchev–Trinajstić information content (AvgIpc) is 2.81. The average molecular weight is 285 g/mol. The number of amides is 1. The minimum absolute atomic E-state index is 0.0950. The van der Waals surface area contributed by atoms with Crippen molar-refractivity contribution < 1.29 is 23.9 Å². The van der Waals surface area contributed by atoms with Crippen LogP contribution in [0.15, 0.2) is 22.8 Å². The molecule has 112 valence electrons. The molecule has 8 heteroatoms. The van der Waals surface area contributed by atoms with Gasteiger partial charge in [-0.3, -0.25) is 9.59 Å². The Morgan fingerprint density at radius 3 is 2.65 bits per heavy atom. The zero-order valence-electron chi connectivity index (χ0n) is 11.2. The Morgan fingerprint density at radius 2 is 2.30 bits per heavy atom. The molecule has 0 radical (unpaired) electrons. The van der Waals surface area contributed by atoms with E-state index in [4.69, 9.17) is 15.3 Å². The van der Waals surface area contributed by atoms with Crippen LogP contribution in [0.25, 0.3) is 0 Å². The number of aliphatic carboxylic acids is 1. The fourth-order valence-electron chi connectivity index (χ4n) is 1.25. The van der Waals surface area contributed by atoms with E-state index in [1.54, 1.807) is 12.1 Å². The first-order chi connectivity index (χ1) is 9.36. The molecule has 0 aromatic carbocycles. The Bertz CT molecular complexity index is 430. The number of carboxylic acids is 1. The summed E-state index contributed by atoms with van der Waals surface area (Å²) in [5.74, 6) is -0.805. The molecule has 0 aliphatic carbocycles. The lowest BCUT2D eigenvalue weighted by molar-refractivity contribution is -0.468. The molecule has 0 unspecified atom stereocenters. The fourth-order valence-corrected chi connectivity index (χ4v) is 1.25. The van der Waals surface area contributed by atoms with Gasteiger partial charge in [0, 0.05) is 6.42 Å². The monoisotopic (exact) mass is 285 g/mol. The molecule has 0 aliphatic rings. The van der Waals surface area contributed by atoms with Crippen molar-refractivity contribution in [3.8, 4) is 0 Å². The molecule has 0 fully saturated rings. The molecule has 1 atom stereocenters. The van der Waals surface area contributed by atoms with E-state index in [1.807, 2.05) is 0 Å². The van der Waals surface area contributed by atoms with Crippen LogP contribution >= 0.6 is 0 Å². The second-order valence-corrected chi connectivity index (χ2v) is 3.90. The highest BCUT2D eigenvalue weighted by Crippen LogP contribution is 1.99. The molecule has 0 spiro atoms. The van der Waals surface area contributed by atoms with Crippen molar-refractivity contribution >= 4 is 18.6 Å². The predicted octanol–water partition coefficient (Wildman–Crippen LogP) is -0.0850. The van der Waals surface area contributed by atoms with Gasteiger partial charge in [-0.1, -0.05) is 0 Å². The zero-order chi connectivity index (χ0) is 15.5. The molecular formula is C12H19N3O5. The van der Waals surface area contributed by atoms with Gasteiger partial charge in [0.15, 0.2) is 5.76 Å². The van der Waals surface area contributed by atoms with E-state index in [0.29, 0.717) is 10.5 Å². The standard InChI is InChI=1S/C6H12N2O3.C6H7NO2/c1-8-4(6(10)11)2-3-5(7)9;1-7(8)5-6-3-2-4-9-6/h4,8H,2-3H2,1H3,(H2,7,9)(H,10,11);2-4H,1,5H2/t4-;/m0./s1. The maximum absolute atomic E-state index is 10.3. The first-order valence-electron chi connectivity index (χ1n) is 5.82. The minimum Gasteiger partial charge on any atom is -0.624 e. The van der Waals surface area contributed by atoms with Crippen molar-refractivity contribution in [1.82, 2.24) is 5.32 Å². The van der Waals surface area contributed by atoms with Gasteiger partial charge in [-0.2, -0.15) is 0 Å². The molecule has 0 saturated carbocycles. The molecule has 1 amide bonds. The fraction of sp³-hybridized carbons (Fsp3) is 0.417. The number of hydrogen-bond donors (Lipinski definition) is 3. The summed E-state index contributed by atoms with van der Waals surface area (Å²) >= 11 is 0. The van der Waals surface area contributed by atoms with E-state index >= 15 is 0 Å². The third kappa shape index (κ3) is 8.70. The van der Waals surface area contributed by atoms with E-state index in [1.165, 1.54) is 13.3 Å². The van der Waals surface area contributed by atoms with Crippen LogP contribution in [0.3, 0.4) is 0 Å². The van der Waals surface area contributed by atoms with Gasteiger partial charge in [-0.25, -0.2) is 4.74 Å². The van der Waals surface area contributed by atoms with E-state index in [0.717, 1.165) is 0 Å². The summed E-state index contributed by atoms with van der Waals surface area (Å²) < 4.78 is 5.43. The topological polar surface area (TPSA) is 132 Å². The van der Waals surface area contributed by atoms with Gasteiger partial charge in [-0.05, 0) is 25.6 Å². The van der Waals surface area contributed by atoms with Crippen LogP contribution < -0.4 is 11.1 Å². The number of carboxylic acid groups (broad SMARTS) is 1. The maximum Gasteiger partial charge on any atom is 0.320 e. The maximum atomic E-state index is 10.3. The molecule has 1 rings (SSSR count). The van der Waals surface area contributed by atoms with Gasteiger partial charge < -0.3 is 25.8 Å². The first-order valence-corrected chi connectivity index (χ1v) is 5.82. The highest BCUT2D eigenvalue weighted by molar-refractivity contribution is 5.77. The molecule has 1 aromatic rings. The minimum atomic E-state index is -0.964. The van der Waals surface area contributed by atoms with Crippen LogP contribution in [0.5, 0.6) is 0 Å². The smallest absolute Gasteiger partial charge is 0.320 e.